The Morgan fingerprint density at radius 3 is 2.60 bits per heavy atom. The Morgan fingerprint density at radius 2 is 2.00 bits per heavy atom. The topological polar surface area (TPSA) is 6.48 Å². The summed E-state index contributed by atoms with van der Waals surface area (Å²) >= 11 is 2.12. The first-order valence-corrected chi connectivity index (χ1v) is 7.41. The van der Waals surface area contributed by atoms with Gasteiger partial charge < -0.3 is 9.80 Å². The summed E-state index contributed by atoms with van der Waals surface area (Å²) in [5, 5.41) is 0. The Morgan fingerprint density at radius 1 is 1.27 bits per heavy atom. The monoisotopic (exact) mass is 228 g/mol. The standard InChI is InChI=1S/C12H24N2S/c1-13-7-3-4-12(13)10-14(2)11-5-8-15-9-6-11/h11-12H,3-10H2,1-2H3/t12-/m0/s1. The van der Waals surface area contributed by atoms with Crippen molar-refractivity contribution >= 4 is 11.8 Å². The fourth-order valence-electron chi connectivity index (χ4n) is 2.82. The molecule has 15 heavy (non-hydrogen) atoms. The Bertz CT molecular complexity index is 192. The quantitative estimate of drug-likeness (QED) is 0.728. The highest BCUT2D eigenvalue weighted by molar-refractivity contribution is 7.99. The van der Waals surface area contributed by atoms with E-state index in [9.17, 15) is 0 Å². The second-order valence-corrected chi connectivity index (χ2v) is 6.28. The van der Waals surface area contributed by atoms with Gasteiger partial charge in [0.15, 0.2) is 0 Å². The van der Waals surface area contributed by atoms with E-state index in [0.29, 0.717) is 0 Å². The summed E-state index contributed by atoms with van der Waals surface area (Å²) in [5.74, 6) is 2.74. The molecule has 0 radical (unpaired) electrons. The Kier molecular flexibility index (Phi) is 4.35. The first-order chi connectivity index (χ1) is 7.27. The minimum atomic E-state index is 0.824. The van der Waals surface area contributed by atoms with Gasteiger partial charge in [0, 0.05) is 18.6 Å². The number of thioether (sulfide) groups is 1. The highest BCUT2D eigenvalue weighted by atomic mass is 32.2. The van der Waals surface area contributed by atoms with E-state index in [-0.39, 0.29) is 0 Å². The summed E-state index contributed by atoms with van der Waals surface area (Å²) in [6, 6.07) is 1.69. The molecule has 2 saturated heterocycles. The lowest BCUT2D eigenvalue weighted by molar-refractivity contribution is 0.169. The molecule has 0 spiro atoms. The lowest BCUT2D eigenvalue weighted by atomic mass is 10.1. The molecule has 3 heteroatoms. The Hall–Kier alpha value is 0.270. The van der Waals surface area contributed by atoms with Gasteiger partial charge in [-0.1, -0.05) is 0 Å². The molecule has 0 aromatic heterocycles. The van der Waals surface area contributed by atoms with Gasteiger partial charge in [-0.15, -0.1) is 0 Å². The van der Waals surface area contributed by atoms with Crippen LogP contribution in [0.25, 0.3) is 0 Å². The molecule has 2 heterocycles. The maximum atomic E-state index is 2.62. The Balaban J connectivity index is 1.77. The van der Waals surface area contributed by atoms with Crippen molar-refractivity contribution < 1.29 is 0 Å². The van der Waals surface area contributed by atoms with Gasteiger partial charge in [-0.2, -0.15) is 11.8 Å². The van der Waals surface area contributed by atoms with Crippen LogP contribution in [0.15, 0.2) is 0 Å². The highest BCUT2D eigenvalue weighted by Gasteiger charge is 2.25. The van der Waals surface area contributed by atoms with E-state index in [1.54, 1.807) is 0 Å². The molecular weight excluding hydrogens is 204 g/mol. The first kappa shape index (κ1) is 11.7. The maximum Gasteiger partial charge on any atom is 0.0220 e. The average Bonchev–Trinajstić information content (AvgIpc) is 2.66. The molecule has 0 aromatic carbocycles. The van der Waals surface area contributed by atoms with Crippen LogP contribution in [0.3, 0.4) is 0 Å². The predicted octanol–water partition coefficient (Wildman–Crippen LogP) is 1.91. The van der Waals surface area contributed by atoms with Gasteiger partial charge in [0.1, 0.15) is 0 Å². The van der Waals surface area contributed by atoms with E-state index in [1.165, 1.54) is 50.3 Å². The lowest BCUT2D eigenvalue weighted by Crippen LogP contribution is -2.42. The molecule has 0 N–H and O–H groups in total. The number of likely N-dealkylation sites (tertiary alicyclic amines) is 1. The smallest absolute Gasteiger partial charge is 0.0220 e. The number of rotatable bonds is 3. The van der Waals surface area contributed by atoms with Crippen LogP contribution in [-0.4, -0.2) is 60.6 Å². The zero-order valence-corrected chi connectivity index (χ0v) is 10.9. The molecule has 0 aliphatic carbocycles. The predicted molar refractivity (Wildman–Crippen MR) is 68.6 cm³/mol. The van der Waals surface area contributed by atoms with Crippen molar-refractivity contribution in [1.29, 1.82) is 0 Å². The molecule has 2 aliphatic rings. The van der Waals surface area contributed by atoms with Crippen LogP contribution >= 0.6 is 11.8 Å². The summed E-state index contributed by atoms with van der Waals surface area (Å²) in [6.07, 6.45) is 5.60. The van der Waals surface area contributed by atoms with Crippen molar-refractivity contribution in [2.45, 2.75) is 37.8 Å². The van der Waals surface area contributed by atoms with Crippen LogP contribution in [0, 0.1) is 0 Å². The van der Waals surface area contributed by atoms with Crippen molar-refractivity contribution in [2.24, 2.45) is 0 Å². The molecule has 2 nitrogen and oxygen atoms in total. The van der Waals surface area contributed by atoms with Gasteiger partial charge in [-0.3, -0.25) is 0 Å². The van der Waals surface area contributed by atoms with Crippen molar-refractivity contribution in [3.8, 4) is 0 Å². The third-order valence-electron chi connectivity index (χ3n) is 3.98. The van der Waals surface area contributed by atoms with E-state index in [4.69, 9.17) is 0 Å². The molecule has 1 atom stereocenters. The lowest BCUT2D eigenvalue weighted by Gasteiger charge is -2.34. The molecule has 0 unspecified atom stereocenters. The van der Waals surface area contributed by atoms with Gasteiger partial charge >= 0.3 is 0 Å². The molecule has 0 saturated carbocycles. The number of hydrogen-bond acceptors (Lipinski definition) is 3. The summed E-state index contributed by atoms with van der Waals surface area (Å²) in [6.45, 7) is 2.59. The number of nitrogens with zero attached hydrogens (tertiary/aromatic N) is 2. The van der Waals surface area contributed by atoms with E-state index in [2.05, 4.69) is 35.7 Å². The molecule has 2 fully saturated rings. The van der Waals surface area contributed by atoms with Crippen LogP contribution in [0.4, 0.5) is 0 Å². The molecule has 0 amide bonds. The minimum absolute atomic E-state index is 0.824. The molecule has 2 rings (SSSR count). The average molecular weight is 228 g/mol. The van der Waals surface area contributed by atoms with Crippen LogP contribution in [-0.2, 0) is 0 Å². The van der Waals surface area contributed by atoms with Crippen LogP contribution < -0.4 is 0 Å². The van der Waals surface area contributed by atoms with Crippen LogP contribution in [0.5, 0.6) is 0 Å². The second kappa shape index (κ2) is 5.55. The number of hydrogen-bond donors (Lipinski definition) is 0. The molecule has 2 aliphatic heterocycles. The van der Waals surface area contributed by atoms with Crippen molar-refractivity contribution in [3.05, 3.63) is 0 Å². The third-order valence-corrected chi connectivity index (χ3v) is 5.03. The summed E-state index contributed by atoms with van der Waals surface area (Å²) in [5.41, 5.74) is 0. The van der Waals surface area contributed by atoms with Crippen LogP contribution in [0.2, 0.25) is 0 Å². The van der Waals surface area contributed by atoms with Gasteiger partial charge in [-0.05, 0) is 57.8 Å². The largest absolute Gasteiger partial charge is 0.302 e. The zero-order chi connectivity index (χ0) is 10.7. The van der Waals surface area contributed by atoms with Crippen LogP contribution in [0.1, 0.15) is 25.7 Å². The number of likely N-dealkylation sites (N-methyl/N-ethyl adjacent to an activating group) is 2. The van der Waals surface area contributed by atoms with E-state index in [0.717, 1.165) is 12.1 Å². The van der Waals surface area contributed by atoms with Crippen molar-refractivity contribution in [1.82, 2.24) is 9.80 Å². The normalized spacial score (nSPS) is 30.2. The summed E-state index contributed by atoms with van der Waals surface area (Å²) < 4.78 is 0. The van der Waals surface area contributed by atoms with E-state index in [1.807, 2.05) is 0 Å². The third kappa shape index (κ3) is 3.11. The van der Waals surface area contributed by atoms with E-state index >= 15 is 0 Å². The zero-order valence-electron chi connectivity index (χ0n) is 10.1. The van der Waals surface area contributed by atoms with Gasteiger partial charge in [0.25, 0.3) is 0 Å². The molecule has 88 valence electrons. The summed E-state index contributed by atoms with van der Waals surface area (Å²) in [7, 11) is 4.61. The highest BCUT2D eigenvalue weighted by Crippen LogP contribution is 2.23. The van der Waals surface area contributed by atoms with Gasteiger partial charge in [0.05, 0.1) is 0 Å². The molecule has 0 aromatic rings. The van der Waals surface area contributed by atoms with Gasteiger partial charge in [0.2, 0.25) is 0 Å². The maximum absolute atomic E-state index is 2.62. The molecule has 0 bridgehead atoms. The van der Waals surface area contributed by atoms with E-state index < -0.39 is 0 Å². The first-order valence-electron chi connectivity index (χ1n) is 6.25. The molecular formula is C12H24N2S. The minimum Gasteiger partial charge on any atom is -0.302 e. The SMILES string of the molecule is CN(C[C@@H]1CCCN1C)C1CCSCC1. The Labute approximate surface area is 98.4 Å². The fraction of sp³-hybridized carbons (Fsp3) is 1.00. The van der Waals surface area contributed by atoms with Gasteiger partial charge in [-0.25, -0.2) is 0 Å². The fourth-order valence-corrected chi connectivity index (χ4v) is 3.90. The summed E-state index contributed by atoms with van der Waals surface area (Å²) in [4.78, 5) is 5.15. The van der Waals surface area contributed by atoms with Crippen molar-refractivity contribution in [2.75, 3.05) is 38.7 Å². The van der Waals surface area contributed by atoms with Crippen molar-refractivity contribution in [3.63, 3.8) is 0 Å². The second-order valence-electron chi connectivity index (χ2n) is 5.06.